The Labute approximate surface area is 92.5 Å². The number of benzene rings is 1. The zero-order valence-electron chi connectivity index (χ0n) is 9.86. The molecule has 1 aromatic carbocycles. The summed E-state index contributed by atoms with van der Waals surface area (Å²) in [5, 5.41) is 0. The molecule has 0 aliphatic rings. The van der Waals surface area contributed by atoms with Gasteiger partial charge in [-0.1, -0.05) is 57.5 Å². The van der Waals surface area contributed by atoms with Gasteiger partial charge in [0.05, 0.1) is 0 Å². The fourth-order valence-corrected chi connectivity index (χ4v) is 1.95. The van der Waals surface area contributed by atoms with Gasteiger partial charge in [0.2, 0.25) is 0 Å². The quantitative estimate of drug-likeness (QED) is 0.664. The molecule has 1 nitrogen and oxygen atoms in total. The van der Waals surface area contributed by atoms with Crippen LogP contribution in [-0.4, -0.2) is 5.78 Å². The highest BCUT2D eigenvalue weighted by molar-refractivity contribution is 5.97. The number of carbonyl (C=O) groups is 1. The molecule has 2 unspecified atom stereocenters. The van der Waals surface area contributed by atoms with Gasteiger partial charge in [-0.3, -0.25) is 4.79 Å². The monoisotopic (exact) mass is 204 g/mol. The number of rotatable bonds is 5. The van der Waals surface area contributed by atoms with Gasteiger partial charge in [-0.05, 0) is 12.3 Å². The molecular formula is C14H20O. The van der Waals surface area contributed by atoms with E-state index in [9.17, 15) is 4.79 Å². The van der Waals surface area contributed by atoms with Gasteiger partial charge >= 0.3 is 0 Å². The van der Waals surface area contributed by atoms with Crippen LogP contribution in [0.25, 0.3) is 0 Å². The minimum Gasteiger partial charge on any atom is -0.294 e. The second-order valence-electron chi connectivity index (χ2n) is 4.13. The van der Waals surface area contributed by atoms with Crippen molar-refractivity contribution in [1.82, 2.24) is 0 Å². The van der Waals surface area contributed by atoms with Crippen LogP contribution in [0.5, 0.6) is 0 Å². The van der Waals surface area contributed by atoms with E-state index in [1.807, 2.05) is 30.3 Å². The summed E-state index contributed by atoms with van der Waals surface area (Å²) >= 11 is 0. The number of hydrogen-bond donors (Lipinski definition) is 0. The van der Waals surface area contributed by atoms with Crippen molar-refractivity contribution in [2.45, 2.75) is 33.6 Å². The molecule has 0 N–H and O–H groups in total. The third-order valence-electron chi connectivity index (χ3n) is 3.17. The Morgan fingerprint density at radius 3 is 2.20 bits per heavy atom. The molecule has 0 heterocycles. The van der Waals surface area contributed by atoms with Crippen molar-refractivity contribution < 1.29 is 4.79 Å². The number of Topliss-reactive ketones (excluding diaryl/α,β-unsaturated/α-hetero) is 1. The van der Waals surface area contributed by atoms with Crippen LogP contribution in [0.4, 0.5) is 0 Å². The molecule has 0 aromatic heterocycles. The third-order valence-corrected chi connectivity index (χ3v) is 3.17. The minimum atomic E-state index is 0.178. The SMILES string of the molecule is CCC(C)C(CC)C(=O)c1ccccc1. The zero-order valence-corrected chi connectivity index (χ0v) is 9.86. The zero-order chi connectivity index (χ0) is 11.3. The van der Waals surface area contributed by atoms with E-state index >= 15 is 0 Å². The maximum Gasteiger partial charge on any atom is 0.166 e. The molecule has 0 spiro atoms. The Kier molecular flexibility index (Phi) is 4.54. The summed E-state index contributed by atoms with van der Waals surface area (Å²) in [5.41, 5.74) is 0.852. The first-order chi connectivity index (χ1) is 7.20. The summed E-state index contributed by atoms with van der Waals surface area (Å²) < 4.78 is 0. The van der Waals surface area contributed by atoms with Crippen LogP contribution in [0, 0.1) is 11.8 Å². The topological polar surface area (TPSA) is 17.1 Å². The van der Waals surface area contributed by atoms with Gasteiger partial charge in [0.1, 0.15) is 0 Å². The first-order valence-electron chi connectivity index (χ1n) is 5.79. The number of hydrogen-bond acceptors (Lipinski definition) is 1. The van der Waals surface area contributed by atoms with Gasteiger partial charge in [-0.25, -0.2) is 0 Å². The van der Waals surface area contributed by atoms with Crippen LogP contribution >= 0.6 is 0 Å². The van der Waals surface area contributed by atoms with E-state index in [0.717, 1.165) is 18.4 Å². The van der Waals surface area contributed by atoms with E-state index in [1.165, 1.54) is 0 Å². The maximum atomic E-state index is 12.2. The van der Waals surface area contributed by atoms with Gasteiger partial charge in [0, 0.05) is 11.5 Å². The van der Waals surface area contributed by atoms with Crippen LogP contribution in [0.15, 0.2) is 30.3 Å². The first-order valence-corrected chi connectivity index (χ1v) is 5.79. The molecule has 0 fully saturated rings. The van der Waals surface area contributed by atoms with Crippen LogP contribution in [0.2, 0.25) is 0 Å². The van der Waals surface area contributed by atoms with E-state index in [2.05, 4.69) is 20.8 Å². The maximum absolute atomic E-state index is 12.2. The lowest BCUT2D eigenvalue weighted by atomic mass is 9.83. The molecule has 0 bridgehead atoms. The van der Waals surface area contributed by atoms with Crippen LogP contribution in [-0.2, 0) is 0 Å². The summed E-state index contributed by atoms with van der Waals surface area (Å²) in [5.74, 6) is 0.951. The Morgan fingerprint density at radius 1 is 1.13 bits per heavy atom. The van der Waals surface area contributed by atoms with E-state index in [4.69, 9.17) is 0 Å². The van der Waals surface area contributed by atoms with Gasteiger partial charge in [0.25, 0.3) is 0 Å². The molecule has 1 heteroatoms. The smallest absolute Gasteiger partial charge is 0.166 e. The van der Waals surface area contributed by atoms with Crippen molar-refractivity contribution in [3.8, 4) is 0 Å². The Hall–Kier alpha value is -1.11. The van der Waals surface area contributed by atoms with Gasteiger partial charge in [-0.2, -0.15) is 0 Å². The molecule has 2 atom stereocenters. The lowest BCUT2D eigenvalue weighted by molar-refractivity contribution is 0.0872. The molecule has 1 rings (SSSR count). The molecule has 1 aromatic rings. The average Bonchev–Trinajstić information content (AvgIpc) is 2.30. The summed E-state index contributed by atoms with van der Waals surface area (Å²) in [7, 11) is 0. The second-order valence-corrected chi connectivity index (χ2v) is 4.13. The predicted molar refractivity (Wildman–Crippen MR) is 64.0 cm³/mol. The highest BCUT2D eigenvalue weighted by Crippen LogP contribution is 2.23. The van der Waals surface area contributed by atoms with Crippen molar-refractivity contribution in [3.05, 3.63) is 35.9 Å². The van der Waals surface area contributed by atoms with Gasteiger partial charge < -0.3 is 0 Å². The Bertz CT molecular complexity index is 302. The van der Waals surface area contributed by atoms with Crippen molar-refractivity contribution in [2.75, 3.05) is 0 Å². The molecule has 0 amide bonds. The third kappa shape index (κ3) is 2.92. The van der Waals surface area contributed by atoms with E-state index in [1.54, 1.807) is 0 Å². The van der Waals surface area contributed by atoms with E-state index < -0.39 is 0 Å². The summed E-state index contributed by atoms with van der Waals surface area (Å²) in [6, 6.07) is 9.62. The van der Waals surface area contributed by atoms with Crippen molar-refractivity contribution >= 4 is 5.78 Å². The first kappa shape index (κ1) is 12.0. The van der Waals surface area contributed by atoms with Gasteiger partial charge in [0.15, 0.2) is 5.78 Å². The van der Waals surface area contributed by atoms with Crippen LogP contribution in [0.3, 0.4) is 0 Å². The average molecular weight is 204 g/mol. The standard InChI is InChI=1S/C14H20O/c1-4-11(3)13(5-2)14(15)12-9-7-6-8-10-12/h6-11,13H,4-5H2,1-3H3. The minimum absolute atomic E-state index is 0.178. The number of ketones is 1. The number of carbonyl (C=O) groups excluding carboxylic acids is 1. The molecule has 0 saturated carbocycles. The molecule has 0 aliphatic carbocycles. The summed E-state index contributed by atoms with van der Waals surface area (Å²) in [4.78, 5) is 12.2. The Balaban J connectivity index is 2.83. The highest BCUT2D eigenvalue weighted by Gasteiger charge is 2.22. The van der Waals surface area contributed by atoms with E-state index in [0.29, 0.717) is 11.7 Å². The predicted octanol–water partition coefficient (Wildman–Crippen LogP) is 3.94. The van der Waals surface area contributed by atoms with E-state index in [-0.39, 0.29) is 5.92 Å². The molecule has 0 aliphatic heterocycles. The fourth-order valence-electron chi connectivity index (χ4n) is 1.95. The lowest BCUT2D eigenvalue weighted by Gasteiger charge is -2.20. The summed E-state index contributed by atoms with van der Waals surface area (Å²) in [6.07, 6.45) is 2.00. The molecule has 0 radical (unpaired) electrons. The van der Waals surface area contributed by atoms with Crippen LogP contribution < -0.4 is 0 Å². The second kappa shape index (κ2) is 5.69. The highest BCUT2D eigenvalue weighted by atomic mass is 16.1. The summed E-state index contributed by atoms with van der Waals surface area (Å²) in [6.45, 7) is 6.40. The van der Waals surface area contributed by atoms with Crippen molar-refractivity contribution in [1.29, 1.82) is 0 Å². The molecule has 15 heavy (non-hydrogen) atoms. The molecular weight excluding hydrogens is 184 g/mol. The van der Waals surface area contributed by atoms with Crippen molar-refractivity contribution in [2.24, 2.45) is 11.8 Å². The molecule has 0 saturated heterocycles. The Morgan fingerprint density at radius 2 is 1.73 bits per heavy atom. The lowest BCUT2D eigenvalue weighted by Crippen LogP contribution is -2.21. The molecule has 82 valence electrons. The van der Waals surface area contributed by atoms with Crippen molar-refractivity contribution in [3.63, 3.8) is 0 Å². The normalized spacial score (nSPS) is 14.6. The van der Waals surface area contributed by atoms with Crippen LogP contribution in [0.1, 0.15) is 44.0 Å². The largest absolute Gasteiger partial charge is 0.294 e. The van der Waals surface area contributed by atoms with Gasteiger partial charge in [-0.15, -0.1) is 0 Å². The fraction of sp³-hybridized carbons (Fsp3) is 0.500.